The summed E-state index contributed by atoms with van der Waals surface area (Å²) in [6.45, 7) is 3.63. The molecule has 0 rings (SSSR count). The van der Waals surface area contributed by atoms with E-state index in [1.807, 2.05) is 0 Å². The molecule has 0 fully saturated rings. The molecule has 0 aromatic heterocycles. The van der Waals surface area contributed by atoms with Crippen LogP contribution in [-0.2, 0) is 0 Å². The van der Waals surface area contributed by atoms with Crippen molar-refractivity contribution >= 4 is 19.4 Å². The molecule has 0 N–H and O–H groups in total. The molecule has 2 heteroatoms. The van der Waals surface area contributed by atoms with E-state index < -0.39 is 0 Å². The zero-order chi connectivity index (χ0) is 8.53. The number of rotatable bonds is 7. The molecular formula is C9H16BCl. The smallest absolute Gasteiger partial charge is 0.0653 e. The van der Waals surface area contributed by atoms with E-state index in [-0.39, 0.29) is 0 Å². The summed E-state index contributed by atoms with van der Waals surface area (Å²) in [6.07, 6.45) is 7.90. The van der Waals surface area contributed by atoms with E-state index in [1.54, 1.807) is 0 Å². The van der Waals surface area contributed by atoms with Gasteiger partial charge in [-0.05, 0) is 12.8 Å². The van der Waals surface area contributed by atoms with Crippen molar-refractivity contribution in [1.29, 1.82) is 0 Å². The van der Waals surface area contributed by atoms with Crippen LogP contribution in [0.4, 0.5) is 0 Å². The Balaban J connectivity index is 2.85. The van der Waals surface area contributed by atoms with Gasteiger partial charge in [0, 0.05) is 5.03 Å². The third kappa shape index (κ3) is 10.1. The standard InChI is InChI=1S/C9H16BCl/c1-9(11)7-5-3-2-4-6-8-10/h1-8H2. The molecule has 2 radical (unpaired) electrons. The molecule has 0 spiro atoms. The van der Waals surface area contributed by atoms with Crippen molar-refractivity contribution in [2.75, 3.05) is 0 Å². The summed E-state index contributed by atoms with van der Waals surface area (Å²) < 4.78 is 0. The van der Waals surface area contributed by atoms with Crippen molar-refractivity contribution in [2.24, 2.45) is 0 Å². The van der Waals surface area contributed by atoms with Crippen LogP contribution in [0.1, 0.15) is 38.5 Å². The van der Waals surface area contributed by atoms with E-state index in [0.29, 0.717) is 0 Å². The molecule has 0 nitrogen and oxygen atoms in total. The Morgan fingerprint density at radius 2 is 1.64 bits per heavy atom. The minimum absolute atomic E-state index is 0.781. The molecule has 0 aliphatic rings. The topological polar surface area (TPSA) is 0 Å². The van der Waals surface area contributed by atoms with Crippen LogP contribution in [0.3, 0.4) is 0 Å². The fraction of sp³-hybridized carbons (Fsp3) is 0.778. The van der Waals surface area contributed by atoms with E-state index in [9.17, 15) is 0 Å². The Hall–Kier alpha value is 0.0949. The van der Waals surface area contributed by atoms with E-state index in [4.69, 9.17) is 19.4 Å². The van der Waals surface area contributed by atoms with E-state index in [2.05, 4.69) is 6.58 Å². The maximum absolute atomic E-state index is 5.60. The highest BCUT2D eigenvalue weighted by Crippen LogP contribution is 2.12. The monoisotopic (exact) mass is 170 g/mol. The predicted octanol–water partition coefficient (Wildman–Crippen LogP) is 3.67. The quantitative estimate of drug-likeness (QED) is 0.404. The highest BCUT2D eigenvalue weighted by Gasteiger charge is 1.90. The Morgan fingerprint density at radius 3 is 2.18 bits per heavy atom. The van der Waals surface area contributed by atoms with Gasteiger partial charge in [0.05, 0.1) is 7.85 Å². The maximum atomic E-state index is 5.60. The molecule has 0 aliphatic carbocycles. The van der Waals surface area contributed by atoms with Crippen LogP contribution in [0, 0.1) is 0 Å². The molecule has 0 unspecified atom stereocenters. The third-order valence-electron chi connectivity index (χ3n) is 1.65. The number of hydrogen-bond acceptors (Lipinski definition) is 0. The zero-order valence-corrected chi connectivity index (χ0v) is 7.87. The Kier molecular flexibility index (Phi) is 8.26. The second kappa shape index (κ2) is 8.19. The number of halogens is 1. The molecule has 0 amide bonds. The lowest BCUT2D eigenvalue weighted by molar-refractivity contribution is 0.635. The fourth-order valence-electron chi connectivity index (χ4n) is 0.991. The third-order valence-corrected chi connectivity index (χ3v) is 1.84. The minimum atomic E-state index is 0.781. The first-order chi connectivity index (χ1) is 5.27. The van der Waals surface area contributed by atoms with Gasteiger partial charge in [-0.25, -0.2) is 0 Å². The number of allylic oxidation sites excluding steroid dienone is 1. The largest absolute Gasteiger partial charge is 0.0898 e. The van der Waals surface area contributed by atoms with Crippen molar-refractivity contribution in [3.8, 4) is 0 Å². The fourth-order valence-corrected chi connectivity index (χ4v) is 1.13. The summed E-state index contributed by atoms with van der Waals surface area (Å²) in [6, 6.07) is 0. The van der Waals surface area contributed by atoms with Crippen LogP contribution < -0.4 is 0 Å². The highest BCUT2D eigenvalue weighted by molar-refractivity contribution is 6.29. The van der Waals surface area contributed by atoms with Gasteiger partial charge in [-0.3, -0.25) is 0 Å². The van der Waals surface area contributed by atoms with Crippen LogP contribution in [0.15, 0.2) is 11.6 Å². The van der Waals surface area contributed by atoms with E-state index >= 15 is 0 Å². The van der Waals surface area contributed by atoms with Gasteiger partial charge in [0.2, 0.25) is 0 Å². The Labute approximate surface area is 76.4 Å². The molecule has 0 aromatic rings. The van der Waals surface area contributed by atoms with Crippen molar-refractivity contribution in [2.45, 2.75) is 44.8 Å². The van der Waals surface area contributed by atoms with Gasteiger partial charge in [-0.2, -0.15) is 0 Å². The second-order valence-corrected chi connectivity index (χ2v) is 3.36. The number of hydrogen-bond donors (Lipinski definition) is 0. The molecule has 0 aromatic carbocycles. The summed E-state index contributed by atoms with van der Waals surface area (Å²) >= 11 is 5.60. The SMILES string of the molecule is [B]CCCCCCCC(=C)Cl. The van der Waals surface area contributed by atoms with Crippen molar-refractivity contribution < 1.29 is 0 Å². The molecule has 62 valence electrons. The van der Waals surface area contributed by atoms with Gasteiger partial charge < -0.3 is 0 Å². The van der Waals surface area contributed by atoms with Gasteiger partial charge in [-0.15, -0.1) is 0 Å². The first kappa shape index (κ1) is 11.1. The lowest BCUT2D eigenvalue weighted by Gasteiger charge is -1.98. The average molecular weight is 170 g/mol. The summed E-state index contributed by atoms with van der Waals surface area (Å²) in [5, 5.41) is 0.781. The summed E-state index contributed by atoms with van der Waals surface area (Å²) in [4.78, 5) is 0. The van der Waals surface area contributed by atoms with E-state index in [1.165, 1.54) is 25.7 Å². The van der Waals surface area contributed by atoms with Gasteiger partial charge in [0.1, 0.15) is 0 Å². The minimum Gasteiger partial charge on any atom is -0.0898 e. The van der Waals surface area contributed by atoms with Gasteiger partial charge in [0.15, 0.2) is 0 Å². The molecule has 0 saturated carbocycles. The molecule has 11 heavy (non-hydrogen) atoms. The average Bonchev–Trinajstić information content (AvgIpc) is 1.96. The van der Waals surface area contributed by atoms with Crippen LogP contribution in [0.25, 0.3) is 0 Å². The lowest BCUT2D eigenvalue weighted by Crippen LogP contribution is -1.79. The second-order valence-electron chi connectivity index (χ2n) is 2.82. The Bertz CT molecular complexity index is 102. The van der Waals surface area contributed by atoms with Crippen LogP contribution in [0.2, 0.25) is 6.32 Å². The highest BCUT2D eigenvalue weighted by atomic mass is 35.5. The first-order valence-electron chi connectivity index (χ1n) is 4.30. The van der Waals surface area contributed by atoms with Crippen molar-refractivity contribution in [1.82, 2.24) is 0 Å². The van der Waals surface area contributed by atoms with Crippen LogP contribution in [0.5, 0.6) is 0 Å². The normalized spacial score (nSPS) is 9.91. The maximum Gasteiger partial charge on any atom is 0.0653 e. The molecule has 0 saturated heterocycles. The van der Waals surface area contributed by atoms with Crippen LogP contribution in [-0.4, -0.2) is 7.85 Å². The first-order valence-corrected chi connectivity index (χ1v) is 4.68. The van der Waals surface area contributed by atoms with E-state index in [0.717, 1.165) is 24.2 Å². The van der Waals surface area contributed by atoms with Crippen LogP contribution >= 0.6 is 11.6 Å². The number of unbranched alkanes of at least 4 members (excludes halogenated alkanes) is 4. The summed E-state index contributed by atoms with van der Waals surface area (Å²) in [5.41, 5.74) is 0. The van der Waals surface area contributed by atoms with Gasteiger partial charge >= 0.3 is 0 Å². The van der Waals surface area contributed by atoms with Gasteiger partial charge in [-0.1, -0.05) is 50.2 Å². The predicted molar refractivity (Wildman–Crippen MR) is 53.3 cm³/mol. The molecule has 0 heterocycles. The van der Waals surface area contributed by atoms with Gasteiger partial charge in [0.25, 0.3) is 0 Å². The Morgan fingerprint density at radius 1 is 1.09 bits per heavy atom. The molecular weight excluding hydrogens is 154 g/mol. The van der Waals surface area contributed by atoms with Crippen molar-refractivity contribution in [3.05, 3.63) is 11.6 Å². The lowest BCUT2D eigenvalue weighted by atomic mass is 9.98. The summed E-state index contributed by atoms with van der Waals surface area (Å²) in [5.74, 6) is 0. The zero-order valence-electron chi connectivity index (χ0n) is 7.11. The van der Waals surface area contributed by atoms with Crippen molar-refractivity contribution in [3.63, 3.8) is 0 Å². The molecule has 0 atom stereocenters. The molecule has 0 aliphatic heterocycles. The molecule has 0 bridgehead atoms. The summed E-state index contributed by atoms with van der Waals surface area (Å²) in [7, 11) is 5.36.